The lowest BCUT2D eigenvalue weighted by molar-refractivity contribution is 0.624. The molecule has 3 atom stereocenters. The van der Waals surface area contributed by atoms with Crippen molar-refractivity contribution in [3.05, 3.63) is 71.5 Å². The summed E-state index contributed by atoms with van der Waals surface area (Å²) >= 11 is 0. The fourth-order valence-corrected chi connectivity index (χ4v) is 2.69. The van der Waals surface area contributed by atoms with E-state index in [2.05, 4.69) is 19.5 Å². The monoisotopic (exact) mass is 272 g/mol. The molecule has 0 aliphatic carbocycles. The Morgan fingerprint density at radius 2 is 1.68 bits per heavy atom. The standard InChI is InChI=1S/C15H14FN2P/c16-12-9-5-4-8-11(12)14-17-13(15(19)18-14)10-6-2-1-3-7-10/h1-9,13,15H,19H2,(H,17,18)/t13-,15-/m0/s1. The summed E-state index contributed by atoms with van der Waals surface area (Å²) in [7, 11) is 2.73. The van der Waals surface area contributed by atoms with Crippen LogP contribution in [0.2, 0.25) is 0 Å². The molecule has 0 bridgehead atoms. The van der Waals surface area contributed by atoms with Gasteiger partial charge >= 0.3 is 0 Å². The molecular weight excluding hydrogens is 258 g/mol. The average molecular weight is 272 g/mol. The first-order valence-corrected chi connectivity index (χ1v) is 6.82. The van der Waals surface area contributed by atoms with Crippen molar-refractivity contribution >= 4 is 15.1 Å². The lowest BCUT2D eigenvalue weighted by Gasteiger charge is -2.13. The van der Waals surface area contributed by atoms with Crippen LogP contribution in [0, 0.1) is 5.82 Å². The van der Waals surface area contributed by atoms with E-state index in [1.807, 2.05) is 36.4 Å². The van der Waals surface area contributed by atoms with Crippen LogP contribution >= 0.6 is 9.24 Å². The van der Waals surface area contributed by atoms with Gasteiger partial charge in [-0.25, -0.2) is 4.39 Å². The summed E-state index contributed by atoms with van der Waals surface area (Å²) in [6, 6.07) is 16.7. The maximum Gasteiger partial charge on any atom is 0.134 e. The third-order valence-electron chi connectivity index (χ3n) is 3.18. The molecular formula is C15H14FN2P. The average Bonchev–Trinajstić information content (AvgIpc) is 2.82. The van der Waals surface area contributed by atoms with Crippen molar-refractivity contribution < 1.29 is 4.39 Å². The predicted octanol–water partition coefficient (Wildman–Crippen LogP) is 3.12. The molecule has 96 valence electrons. The number of benzene rings is 2. The van der Waals surface area contributed by atoms with Gasteiger partial charge in [0.25, 0.3) is 0 Å². The molecule has 0 spiro atoms. The number of hydrogen-bond donors (Lipinski definition) is 1. The van der Waals surface area contributed by atoms with Crippen LogP contribution in [0.15, 0.2) is 59.6 Å². The molecule has 1 unspecified atom stereocenters. The van der Waals surface area contributed by atoms with Crippen molar-refractivity contribution in [2.45, 2.75) is 11.8 Å². The Kier molecular flexibility index (Phi) is 3.31. The van der Waals surface area contributed by atoms with Gasteiger partial charge in [0, 0.05) is 0 Å². The number of amidine groups is 1. The van der Waals surface area contributed by atoms with E-state index in [4.69, 9.17) is 0 Å². The Morgan fingerprint density at radius 1 is 1.00 bits per heavy atom. The molecule has 0 aromatic heterocycles. The van der Waals surface area contributed by atoms with Crippen LogP contribution in [-0.4, -0.2) is 11.6 Å². The van der Waals surface area contributed by atoms with E-state index in [0.717, 1.165) is 5.56 Å². The van der Waals surface area contributed by atoms with Crippen LogP contribution in [-0.2, 0) is 0 Å². The molecule has 0 saturated heterocycles. The Labute approximate surface area is 114 Å². The highest BCUT2D eigenvalue weighted by Gasteiger charge is 2.27. The van der Waals surface area contributed by atoms with Gasteiger partial charge in [-0.1, -0.05) is 42.5 Å². The summed E-state index contributed by atoms with van der Waals surface area (Å²) in [6.07, 6.45) is 0. The number of rotatable bonds is 2. The van der Waals surface area contributed by atoms with Crippen molar-refractivity contribution in [3.8, 4) is 0 Å². The number of halogens is 1. The molecule has 0 radical (unpaired) electrons. The molecule has 0 saturated carbocycles. The van der Waals surface area contributed by atoms with Crippen LogP contribution < -0.4 is 5.32 Å². The molecule has 2 aromatic carbocycles. The first-order chi connectivity index (χ1) is 9.25. The van der Waals surface area contributed by atoms with Crippen LogP contribution in [0.25, 0.3) is 0 Å². The van der Waals surface area contributed by atoms with Gasteiger partial charge in [-0.3, -0.25) is 4.99 Å². The van der Waals surface area contributed by atoms with Crippen LogP contribution in [0.5, 0.6) is 0 Å². The van der Waals surface area contributed by atoms with Crippen molar-refractivity contribution in [2.75, 3.05) is 0 Å². The number of aliphatic imine (C=N–C) groups is 1. The maximum atomic E-state index is 13.8. The zero-order chi connectivity index (χ0) is 13.2. The fraction of sp³-hybridized carbons (Fsp3) is 0.133. The number of nitrogens with one attached hydrogen (secondary N) is 1. The highest BCUT2D eigenvalue weighted by molar-refractivity contribution is 7.17. The minimum absolute atomic E-state index is 0.000746. The lowest BCUT2D eigenvalue weighted by Crippen LogP contribution is -2.27. The SMILES string of the molecule is Fc1ccccc1C1=N[C@@H](c2ccccc2)[C@H](P)N1. The van der Waals surface area contributed by atoms with Gasteiger partial charge in [0.15, 0.2) is 0 Å². The first-order valence-electron chi connectivity index (χ1n) is 6.15. The zero-order valence-corrected chi connectivity index (χ0v) is 11.4. The van der Waals surface area contributed by atoms with E-state index in [1.54, 1.807) is 12.1 Å². The van der Waals surface area contributed by atoms with E-state index in [9.17, 15) is 4.39 Å². The zero-order valence-electron chi connectivity index (χ0n) is 10.3. The summed E-state index contributed by atoms with van der Waals surface area (Å²) in [5.41, 5.74) is 1.65. The fourth-order valence-electron chi connectivity index (χ4n) is 2.23. The minimum Gasteiger partial charge on any atom is -0.361 e. The van der Waals surface area contributed by atoms with E-state index in [0.29, 0.717) is 11.4 Å². The molecule has 19 heavy (non-hydrogen) atoms. The van der Waals surface area contributed by atoms with Gasteiger partial charge in [-0.15, -0.1) is 9.24 Å². The van der Waals surface area contributed by atoms with E-state index in [-0.39, 0.29) is 17.6 Å². The Balaban J connectivity index is 1.96. The normalized spacial score (nSPS) is 21.9. The second-order valence-corrected chi connectivity index (χ2v) is 5.20. The molecule has 0 amide bonds. The van der Waals surface area contributed by atoms with E-state index < -0.39 is 0 Å². The second-order valence-electron chi connectivity index (χ2n) is 4.48. The molecule has 1 N–H and O–H groups in total. The van der Waals surface area contributed by atoms with Gasteiger partial charge in [-0.05, 0) is 17.7 Å². The van der Waals surface area contributed by atoms with Crippen molar-refractivity contribution in [3.63, 3.8) is 0 Å². The minimum atomic E-state index is -0.250. The van der Waals surface area contributed by atoms with Gasteiger partial charge < -0.3 is 5.32 Å². The van der Waals surface area contributed by atoms with Crippen molar-refractivity contribution in [1.29, 1.82) is 0 Å². The van der Waals surface area contributed by atoms with Gasteiger partial charge in [0.2, 0.25) is 0 Å². The summed E-state index contributed by atoms with van der Waals surface area (Å²) < 4.78 is 13.8. The van der Waals surface area contributed by atoms with Crippen LogP contribution in [0.1, 0.15) is 17.2 Å². The Bertz CT molecular complexity index is 613. The summed E-state index contributed by atoms with van der Waals surface area (Å²) in [6.45, 7) is 0. The van der Waals surface area contributed by atoms with Crippen LogP contribution in [0.4, 0.5) is 4.39 Å². The van der Waals surface area contributed by atoms with Gasteiger partial charge in [-0.2, -0.15) is 0 Å². The quantitative estimate of drug-likeness (QED) is 0.835. The predicted molar refractivity (Wildman–Crippen MR) is 78.8 cm³/mol. The second kappa shape index (κ2) is 5.10. The molecule has 1 aliphatic heterocycles. The highest BCUT2D eigenvalue weighted by Crippen LogP contribution is 2.30. The topological polar surface area (TPSA) is 24.4 Å². The largest absolute Gasteiger partial charge is 0.361 e. The molecule has 2 nitrogen and oxygen atoms in total. The third-order valence-corrected chi connectivity index (χ3v) is 3.71. The Morgan fingerprint density at radius 3 is 2.42 bits per heavy atom. The Hall–Kier alpha value is -1.73. The van der Waals surface area contributed by atoms with Gasteiger partial charge in [0.05, 0.1) is 11.3 Å². The lowest BCUT2D eigenvalue weighted by atomic mass is 10.1. The number of hydrogen-bond acceptors (Lipinski definition) is 2. The van der Waals surface area contributed by atoms with E-state index >= 15 is 0 Å². The van der Waals surface area contributed by atoms with Crippen molar-refractivity contribution in [2.24, 2.45) is 4.99 Å². The molecule has 3 rings (SSSR count). The third kappa shape index (κ3) is 2.39. The molecule has 0 fully saturated rings. The molecule has 2 aromatic rings. The first kappa shape index (κ1) is 12.3. The maximum absolute atomic E-state index is 13.8. The molecule has 1 heterocycles. The number of nitrogens with zero attached hydrogens (tertiary/aromatic N) is 1. The van der Waals surface area contributed by atoms with Crippen molar-refractivity contribution in [1.82, 2.24) is 5.32 Å². The summed E-state index contributed by atoms with van der Waals surface area (Å²) in [5, 5.41) is 3.23. The highest BCUT2D eigenvalue weighted by atomic mass is 31.0. The summed E-state index contributed by atoms with van der Waals surface area (Å²) in [4.78, 5) is 4.62. The van der Waals surface area contributed by atoms with Gasteiger partial charge in [0.1, 0.15) is 17.7 Å². The molecule has 1 aliphatic rings. The smallest absolute Gasteiger partial charge is 0.134 e. The summed E-state index contributed by atoms with van der Waals surface area (Å²) in [5.74, 6) is 0.448. The molecule has 4 heteroatoms. The van der Waals surface area contributed by atoms with Crippen LogP contribution in [0.3, 0.4) is 0 Å². The van der Waals surface area contributed by atoms with E-state index in [1.165, 1.54) is 6.07 Å².